The molecule has 5 aliphatic carbocycles. The highest BCUT2D eigenvalue weighted by molar-refractivity contribution is 5.91. The zero-order valence-electron chi connectivity index (χ0n) is 15.0. The summed E-state index contributed by atoms with van der Waals surface area (Å²) in [5, 5.41) is 11.1. The molecule has 0 spiro atoms. The molecule has 132 valence electrons. The first kappa shape index (κ1) is 15.6. The van der Waals surface area contributed by atoms with Crippen molar-refractivity contribution in [2.45, 2.75) is 77.2 Å². The Hall–Kier alpha value is -0.630. The van der Waals surface area contributed by atoms with E-state index < -0.39 is 0 Å². The van der Waals surface area contributed by atoms with E-state index in [-0.39, 0.29) is 11.5 Å². The lowest BCUT2D eigenvalue weighted by atomic mass is 9.49. The van der Waals surface area contributed by atoms with Gasteiger partial charge in [0, 0.05) is 6.42 Å². The van der Waals surface area contributed by atoms with Crippen LogP contribution >= 0.6 is 0 Å². The molecule has 5 aliphatic rings. The number of carbonyl (C=O) groups excluding carboxylic acids is 1. The number of hydrogen-bond donors (Lipinski definition) is 1. The van der Waals surface area contributed by atoms with Crippen molar-refractivity contribution < 1.29 is 9.90 Å². The molecular weight excluding hydrogens is 296 g/mol. The second-order valence-electron chi connectivity index (χ2n) is 9.61. The molecule has 2 heteroatoms. The van der Waals surface area contributed by atoms with E-state index in [2.05, 4.69) is 6.92 Å². The van der Waals surface area contributed by atoms with Crippen molar-refractivity contribution >= 4 is 5.78 Å². The van der Waals surface area contributed by atoms with Crippen LogP contribution in [0.3, 0.4) is 0 Å². The minimum absolute atomic E-state index is 0.00938. The summed E-state index contributed by atoms with van der Waals surface area (Å²) in [6, 6.07) is 0. The first-order valence-corrected chi connectivity index (χ1v) is 10.6. The van der Waals surface area contributed by atoms with Crippen LogP contribution in [-0.4, -0.2) is 17.0 Å². The highest BCUT2D eigenvalue weighted by Gasteiger charge is 2.70. The Morgan fingerprint density at radius 2 is 2.00 bits per heavy atom. The molecule has 0 saturated heterocycles. The second kappa shape index (κ2) is 5.43. The van der Waals surface area contributed by atoms with Gasteiger partial charge in [0.1, 0.15) is 0 Å². The van der Waals surface area contributed by atoms with Gasteiger partial charge in [-0.2, -0.15) is 0 Å². The molecule has 0 heterocycles. The Balaban J connectivity index is 1.46. The van der Waals surface area contributed by atoms with E-state index in [0.29, 0.717) is 17.6 Å². The van der Waals surface area contributed by atoms with Crippen LogP contribution in [0.2, 0.25) is 0 Å². The Bertz CT molecular complexity index is 579. The summed E-state index contributed by atoms with van der Waals surface area (Å²) < 4.78 is 0. The molecule has 1 N–H and O–H groups in total. The fourth-order valence-corrected chi connectivity index (χ4v) is 7.82. The minimum Gasteiger partial charge on any atom is -0.392 e. The topological polar surface area (TPSA) is 37.3 Å². The van der Waals surface area contributed by atoms with Gasteiger partial charge in [0.2, 0.25) is 0 Å². The molecule has 24 heavy (non-hydrogen) atoms. The summed E-state index contributed by atoms with van der Waals surface area (Å²) in [6.45, 7) is 2.29. The first-order chi connectivity index (χ1) is 11.7. The molecule has 4 saturated carbocycles. The molecule has 0 aromatic carbocycles. The molecule has 5 rings (SSSR count). The van der Waals surface area contributed by atoms with Crippen LogP contribution in [0.4, 0.5) is 0 Å². The maximum Gasteiger partial charge on any atom is 0.155 e. The fraction of sp³-hybridized carbons (Fsp3) is 0.864. The van der Waals surface area contributed by atoms with Crippen LogP contribution in [0, 0.1) is 40.9 Å². The highest BCUT2D eigenvalue weighted by atomic mass is 16.3. The number of aliphatic hydroxyl groups excluding tert-OH is 1. The smallest absolute Gasteiger partial charge is 0.155 e. The lowest BCUT2D eigenvalue weighted by Crippen LogP contribution is -2.50. The van der Waals surface area contributed by atoms with E-state index in [1.165, 1.54) is 50.5 Å². The largest absolute Gasteiger partial charge is 0.392 e. The molecule has 2 nitrogen and oxygen atoms in total. The van der Waals surface area contributed by atoms with E-state index in [4.69, 9.17) is 0 Å². The molecule has 8 atom stereocenters. The zero-order chi connectivity index (χ0) is 16.5. The molecule has 0 aliphatic heterocycles. The molecule has 0 unspecified atom stereocenters. The van der Waals surface area contributed by atoms with Crippen molar-refractivity contribution in [3.8, 4) is 0 Å². The van der Waals surface area contributed by atoms with Gasteiger partial charge in [0.25, 0.3) is 0 Å². The van der Waals surface area contributed by atoms with Gasteiger partial charge in [-0.25, -0.2) is 0 Å². The van der Waals surface area contributed by atoms with Crippen molar-refractivity contribution in [3.05, 3.63) is 11.6 Å². The van der Waals surface area contributed by atoms with Crippen LogP contribution in [0.1, 0.15) is 71.1 Å². The van der Waals surface area contributed by atoms with E-state index >= 15 is 0 Å². The molecule has 0 aromatic heterocycles. The van der Waals surface area contributed by atoms with Gasteiger partial charge in [-0.1, -0.05) is 25.3 Å². The molecule has 0 bridgehead atoms. The van der Waals surface area contributed by atoms with Crippen molar-refractivity contribution in [2.75, 3.05) is 0 Å². The summed E-state index contributed by atoms with van der Waals surface area (Å²) in [5.74, 6) is 4.97. The monoisotopic (exact) mass is 328 g/mol. The maximum atomic E-state index is 11.8. The van der Waals surface area contributed by atoms with Crippen molar-refractivity contribution in [3.63, 3.8) is 0 Å². The molecule has 0 amide bonds. The van der Waals surface area contributed by atoms with Crippen LogP contribution < -0.4 is 0 Å². The summed E-state index contributed by atoms with van der Waals surface area (Å²) >= 11 is 0. The maximum absolute atomic E-state index is 11.8. The number of fused-ring (bicyclic) bond motifs is 7. The number of rotatable bonds is 3. The molecule has 0 radical (unpaired) electrons. The van der Waals surface area contributed by atoms with Gasteiger partial charge in [-0.3, -0.25) is 4.79 Å². The summed E-state index contributed by atoms with van der Waals surface area (Å²) in [7, 11) is 0. The normalized spacial score (nSPS) is 52.0. The third kappa shape index (κ3) is 2.01. The molecule has 0 aromatic rings. The average Bonchev–Trinajstić information content (AvgIpc) is 3.33. The number of hydrogen-bond acceptors (Lipinski definition) is 2. The van der Waals surface area contributed by atoms with Crippen molar-refractivity contribution in [2.24, 2.45) is 40.9 Å². The van der Waals surface area contributed by atoms with E-state index in [1.54, 1.807) is 0 Å². The van der Waals surface area contributed by atoms with E-state index in [1.807, 2.05) is 6.08 Å². The van der Waals surface area contributed by atoms with Crippen molar-refractivity contribution in [1.82, 2.24) is 0 Å². The highest BCUT2D eigenvalue weighted by Crippen LogP contribution is 2.73. The number of ketones is 1. The van der Waals surface area contributed by atoms with Gasteiger partial charge in [-0.05, 0) is 91.9 Å². The predicted octanol–water partition coefficient (Wildman–Crippen LogP) is 4.52. The van der Waals surface area contributed by atoms with Gasteiger partial charge < -0.3 is 5.11 Å². The Morgan fingerprint density at radius 3 is 2.83 bits per heavy atom. The van der Waals surface area contributed by atoms with Gasteiger partial charge in [0.15, 0.2) is 5.78 Å². The molecule has 4 fully saturated rings. The standard InChI is InChI=1S/C22H32O2/c1-2-3-9-22-10-8-16-15-7-5-14(23)11-13(15)4-6-17(16)20(22)18-12-19(18)21(22)24/h11,15-21,24H,2-10,12H2,1H3/t15-,16+,17+,18-,19+,20+,21-,22-/m0/s1. The van der Waals surface area contributed by atoms with Crippen LogP contribution in [0.25, 0.3) is 0 Å². The van der Waals surface area contributed by atoms with Gasteiger partial charge >= 0.3 is 0 Å². The second-order valence-corrected chi connectivity index (χ2v) is 9.61. The van der Waals surface area contributed by atoms with E-state index in [0.717, 1.165) is 42.9 Å². The van der Waals surface area contributed by atoms with E-state index in [9.17, 15) is 9.90 Å². The Morgan fingerprint density at radius 1 is 1.12 bits per heavy atom. The SMILES string of the molecule is CCCC[C@]12CC[C@H]3[C@@H](CCC4=CC(=O)CC[C@@H]43)[C@@H]1[C@H]1C[C@H]1[C@@H]2O. The number of allylic oxidation sites excluding steroid dienone is 1. The zero-order valence-corrected chi connectivity index (χ0v) is 15.0. The third-order valence-corrected chi connectivity index (χ3v) is 8.77. The lowest BCUT2D eigenvalue weighted by molar-refractivity contribution is -0.116. The summed E-state index contributed by atoms with van der Waals surface area (Å²) in [4.78, 5) is 11.8. The quantitative estimate of drug-likeness (QED) is 0.827. The first-order valence-electron chi connectivity index (χ1n) is 10.6. The lowest BCUT2D eigenvalue weighted by Gasteiger charge is -2.55. The van der Waals surface area contributed by atoms with Gasteiger partial charge in [0.05, 0.1) is 6.10 Å². The number of carbonyl (C=O) groups is 1. The van der Waals surface area contributed by atoms with Crippen LogP contribution in [-0.2, 0) is 4.79 Å². The average molecular weight is 328 g/mol. The Labute approximate surface area is 146 Å². The fourth-order valence-electron chi connectivity index (χ4n) is 7.82. The van der Waals surface area contributed by atoms with Crippen LogP contribution in [0.5, 0.6) is 0 Å². The summed E-state index contributed by atoms with van der Waals surface area (Å²) in [5.41, 5.74) is 1.75. The van der Waals surface area contributed by atoms with Crippen LogP contribution in [0.15, 0.2) is 11.6 Å². The molecular formula is C22H32O2. The predicted molar refractivity (Wildman–Crippen MR) is 94.3 cm³/mol. The van der Waals surface area contributed by atoms with Crippen molar-refractivity contribution in [1.29, 1.82) is 0 Å². The third-order valence-electron chi connectivity index (χ3n) is 8.77. The number of aliphatic hydroxyl groups is 1. The van der Waals surface area contributed by atoms with Gasteiger partial charge in [-0.15, -0.1) is 0 Å². The Kier molecular flexibility index (Phi) is 3.53. The number of unbranched alkanes of at least 4 members (excludes halogenated alkanes) is 1. The summed E-state index contributed by atoms with van der Waals surface area (Å²) in [6.07, 6.45) is 14.0. The minimum atomic E-state index is -0.00938.